The lowest BCUT2D eigenvalue weighted by atomic mass is 9.84. The van der Waals surface area contributed by atoms with E-state index in [2.05, 4.69) is 48.3 Å². The predicted octanol–water partition coefficient (Wildman–Crippen LogP) is 5.00. The number of rotatable bonds is 11. The van der Waals surface area contributed by atoms with Gasteiger partial charge < -0.3 is 30.2 Å². The van der Waals surface area contributed by atoms with Gasteiger partial charge in [-0.2, -0.15) is 0 Å². The van der Waals surface area contributed by atoms with Crippen LogP contribution in [0, 0.1) is 10.8 Å². The number of hydrogen-bond acceptors (Lipinski definition) is 9. The third-order valence-corrected chi connectivity index (χ3v) is 11.7. The summed E-state index contributed by atoms with van der Waals surface area (Å²) >= 11 is 11.8. The van der Waals surface area contributed by atoms with Crippen LogP contribution in [0.1, 0.15) is 59.5 Å². The molecule has 2 saturated heterocycles. The van der Waals surface area contributed by atoms with Crippen LogP contribution < -0.4 is 31.9 Å². The van der Waals surface area contributed by atoms with Crippen molar-refractivity contribution in [1.29, 1.82) is 0 Å². The largest absolute Gasteiger partial charge is 0.496 e. The number of methoxy groups -OCH3 is 1. The second-order valence-corrected chi connectivity index (χ2v) is 18.6. The average molecular weight is 924 g/mol. The second kappa shape index (κ2) is 18.7. The summed E-state index contributed by atoms with van der Waals surface area (Å²) in [6, 6.07) is 19.7. The Kier molecular flexibility index (Phi) is 13.3. The normalized spacial score (nSPS) is 14.7. The minimum atomic E-state index is -0.638. The SMILES string of the molecule is CC1(C)CN(C(=O)Cn2c(=O)c(C(=O)NCc3ccc(Cl)cc3)cc3c(=O)cc[nH]c32)C1.COc1ccnc2c1cc(C(=O)NCc1ccc(Cl)cc1)c(=O)n2CC(=O)N1CC(C)(C)C1. The highest BCUT2D eigenvalue weighted by molar-refractivity contribution is 6.30. The van der Waals surface area contributed by atoms with Crippen molar-refractivity contribution in [2.45, 2.75) is 53.9 Å². The Bertz CT molecular complexity index is 3000. The van der Waals surface area contributed by atoms with Crippen molar-refractivity contribution in [3.63, 3.8) is 0 Å². The maximum Gasteiger partial charge on any atom is 0.265 e. The minimum absolute atomic E-state index is 0.0421. The lowest BCUT2D eigenvalue weighted by Gasteiger charge is -2.45. The fourth-order valence-corrected chi connectivity index (χ4v) is 8.15. The Morgan fingerprint density at radius 3 is 1.62 bits per heavy atom. The zero-order chi connectivity index (χ0) is 46.8. The standard InChI is InChI=1S/C24H25ClN4O4.C23H23ClN4O4/c1-24(2)13-28(14-24)20(30)12-29-21-17(19(33-3)8-9-26-21)10-18(23(29)32)22(31)27-11-15-4-6-16(25)7-5-15;1-23(2)12-27(13-23)19(30)11-28-20-16(18(29)7-8-25-20)9-17(22(28)32)21(31)26-10-14-3-5-15(24)6-4-14/h4-10H,11-14H2,1-3H3,(H,27,31);3-9H,10-13H2,1-2H3,(H,25,29)(H,26,31). The summed E-state index contributed by atoms with van der Waals surface area (Å²) in [5.74, 6) is -1.15. The van der Waals surface area contributed by atoms with Crippen LogP contribution >= 0.6 is 23.2 Å². The first-order chi connectivity index (χ1) is 30.8. The van der Waals surface area contributed by atoms with Gasteiger partial charge in [0.1, 0.15) is 41.3 Å². The van der Waals surface area contributed by atoms with Gasteiger partial charge in [0.25, 0.3) is 22.9 Å². The molecule has 6 aromatic rings. The summed E-state index contributed by atoms with van der Waals surface area (Å²) in [6.07, 6.45) is 2.92. The molecule has 0 bridgehead atoms. The molecule has 338 valence electrons. The van der Waals surface area contributed by atoms with Gasteiger partial charge in [-0.05, 0) is 64.4 Å². The van der Waals surface area contributed by atoms with E-state index in [0.717, 1.165) is 11.1 Å². The van der Waals surface area contributed by atoms with Crippen LogP contribution in [0.25, 0.3) is 22.1 Å². The monoisotopic (exact) mass is 922 g/mol. The Morgan fingerprint density at radius 2 is 1.14 bits per heavy atom. The van der Waals surface area contributed by atoms with E-state index in [9.17, 15) is 33.6 Å². The van der Waals surface area contributed by atoms with Crippen LogP contribution in [0.2, 0.25) is 10.0 Å². The number of fused-ring (bicyclic) bond motifs is 2. The van der Waals surface area contributed by atoms with Gasteiger partial charge in [-0.3, -0.25) is 42.7 Å². The fraction of sp³-hybridized carbons (Fsp3) is 0.319. The summed E-state index contributed by atoms with van der Waals surface area (Å²) < 4.78 is 7.84. The molecule has 2 aliphatic rings. The number of pyridine rings is 4. The second-order valence-electron chi connectivity index (χ2n) is 17.7. The number of benzene rings is 2. The van der Waals surface area contributed by atoms with Crippen molar-refractivity contribution in [1.82, 2.24) is 39.5 Å². The van der Waals surface area contributed by atoms with Gasteiger partial charge in [-0.15, -0.1) is 0 Å². The van der Waals surface area contributed by atoms with Gasteiger partial charge in [0, 0.05) is 67.8 Å². The Hall–Kier alpha value is -6.78. The lowest BCUT2D eigenvalue weighted by Crippen LogP contribution is -2.56. The van der Waals surface area contributed by atoms with Crippen LogP contribution in [0.4, 0.5) is 0 Å². The van der Waals surface area contributed by atoms with Gasteiger partial charge in [-0.1, -0.05) is 75.2 Å². The molecular formula is C47H48Cl2N8O8. The van der Waals surface area contributed by atoms with Crippen LogP contribution in [0.5, 0.6) is 5.75 Å². The summed E-state index contributed by atoms with van der Waals surface area (Å²) in [4.78, 5) is 101. The molecule has 0 aliphatic carbocycles. The van der Waals surface area contributed by atoms with Crippen molar-refractivity contribution >= 4 is 68.9 Å². The van der Waals surface area contributed by atoms with E-state index < -0.39 is 22.9 Å². The van der Waals surface area contributed by atoms with E-state index >= 15 is 0 Å². The van der Waals surface area contributed by atoms with Gasteiger partial charge in [0.05, 0.1) is 17.9 Å². The number of nitrogens with zero attached hydrogens (tertiary/aromatic N) is 5. The van der Waals surface area contributed by atoms with Gasteiger partial charge >= 0.3 is 0 Å². The van der Waals surface area contributed by atoms with E-state index in [1.54, 1.807) is 64.4 Å². The molecule has 2 aliphatic heterocycles. The molecule has 2 aromatic carbocycles. The smallest absolute Gasteiger partial charge is 0.265 e. The van der Waals surface area contributed by atoms with Gasteiger partial charge in [-0.25, -0.2) is 4.98 Å². The molecular weight excluding hydrogens is 875 g/mol. The number of aromatic amines is 1. The predicted molar refractivity (Wildman–Crippen MR) is 247 cm³/mol. The highest BCUT2D eigenvalue weighted by Gasteiger charge is 2.38. The number of carbonyl (C=O) groups is 4. The van der Waals surface area contributed by atoms with Crippen LogP contribution in [-0.2, 0) is 35.8 Å². The number of aromatic nitrogens is 4. The molecule has 3 N–H and O–H groups in total. The Labute approximate surface area is 383 Å². The van der Waals surface area contributed by atoms with E-state index in [1.807, 2.05) is 0 Å². The van der Waals surface area contributed by atoms with Crippen molar-refractivity contribution in [3.05, 3.63) is 148 Å². The van der Waals surface area contributed by atoms with E-state index in [0.29, 0.717) is 53.0 Å². The van der Waals surface area contributed by atoms with Gasteiger partial charge in [0.15, 0.2) is 5.43 Å². The van der Waals surface area contributed by atoms with Crippen molar-refractivity contribution < 1.29 is 23.9 Å². The number of hydrogen-bond donors (Lipinski definition) is 3. The average Bonchev–Trinajstić information content (AvgIpc) is 3.25. The maximum absolute atomic E-state index is 13.3. The maximum atomic E-state index is 13.3. The molecule has 16 nitrogen and oxygen atoms in total. The number of carbonyl (C=O) groups excluding carboxylic acids is 4. The zero-order valence-electron chi connectivity index (χ0n) is 36.5. The molecule has 18 heteroatoms. The number of nitrogens with one attached hydrogen (secondary N) is 3. The molecule has 6 heterocycles. The summed E-state index contributed by atoms with van der Waals surface area (Å²) in [5.41, 5.74) is 0.406. The zero-order valence-corrected chi connectivity index (χ0v) is 38.0. The number of H-pyrrole nitrogens is 1. The third-order valence-electron chi connectivity index (χ3n) is 11.2. The number of halogens is 2. The summed E-state index contributed by atoms with van der Waals surface area (Å²) in [7, 11) is 1.50. The topological polar surface area (TPSA) is 198 Å². The quantitative estimate of drug-likeness (QED) is 0.160. The third kappa shape index (κ3) is 10.4. The molecule has 4 amide bonds. The summed E-state index contributed by atoms with van der Waals surface area (Å²) in [6.45, 7) is 10.6. The van der Waals surface area contributed by atoms with E-state index in [-0.39, 0.29) is 76.4 Å². The lowest BCUT2D eigenvalue weighted by molar-refractivity contribution is -0.142. The number of ether oxygens (including phenoxy) is 1. The molecule has 2 fully saturated rings. The molecule has 0 atom stereocenters. The van der Waals surface area contributed by atoms with Crippen LogP contribution in [0.15, 0.2) is 99.6 Å². The van der Waals surface area contributed by atoms with E-state index in [1.165, 1.54) is 46.8 Å². The molecule has 0 radical (unpaired) electrons. The first-order valence-electron chi connectivity index (χ1n) is 20.8. The molecule has 0 unspecified atom stereocenters. The fourth-order valence-electron chi connectivity index (χ4n) is 7.90. The van der Waals surface area contributed by atoms with Crippen molar-refractivity contribution in [2.75, 3.05) is 33.3 Å². The van der Waals surface area contributed by atoms with Crippen LogP contribution in [0.3, 0.4) is 0 Å². The van der Waals surface area contributed by atoms with Gasteiger partial charge in [0.2, 0.25) is 11.8 Å². The number of likely N-dealkylation sites (tertiary alicyclic amines) is 2. The first kappa shape index (κ1) is 46.2. The number of amides is 4. The molecule has 0 spiro atoms. The first-order valence-corrected chi connectivity index (χ1v) is 21.5. The Morgan fingerprint density at radius 1 is 0.677 bits per heavy atom. The summed E-state index contributed by atoms with van der Waals surface area (Å²) in [5, 5.41) is 7.27. The highest BCUT2D eigenvalue weighted by Crippen LogP contribution is 2.30. The Balaban J connectivity index is 0.000000194. The van der Waals surface area contributed by atoms with Crippen LogP contribution in [-0.4, -0.2) is 85.8 Å². The molecule has 8 rings (SSSR count). The van der Waals surface area contributed by atoms with Crippen molar-refractivity contribution in [3.8, 4) is 5.75 Å². The molecule has 0 saturated carbocycles. The molecule has 4 aromatic heterocycles. The minimum Gasteiger partial charge on any atom is -0.496 e. The van der Waals surface area contributed by atoms with E-state index in [4.69, 9.17) is 27.9 Å². The highest BCUT2D eigenvalue weighted by atomic mass is 35.5. The van der Waals surface area contributed by atoms with Crippen molar-refractivity contribution in [2.24, 2.45) is 10.8 Å². The molecule has 65 heavy (non-hydrogen) atoms.